The predicted molar refractivity (Wildman–Crippen MR) is 91.1 cm³/mol. The molecule has 0 heterocycles. The molecule has 0 saturated heterocycles. The lowest BCUT2D eigenvalue weighted by atomic mass is 9.72. The molecule has 0 bridgehead atoms. The number of carboxylic acid groups (broad SMARTS) is 1. The average molecular weight is 299 g/mol. The molecule has 0 fully saturated rings. The van der Waals surface area contributed by atoms with Gasteiger partial charge in [-0.05, 0) is 62.7 Å². The first kappa shape index (κ1) is 18.2. The molecule has 0 saturated carbocycles. The van der Waals surface area contributed by atoms with Gasteiger partial charge in [-0.25, -0.2) is 0 Å². The zero-order chi connectivity index (χ0) is 16.8. The summed E-state index contributed by atoms with van der Waals surface area (Å²) in [7, 11) is 0. The first-order valence-electron chi connectivity index (χ1n) is 7.85. The van der Waals surface area contributed by atoms with E-state index in [1.165, 1.54) is 30.4 Å². The Morgan fingerprint density at radius 2 is 1.86 bits per heavy atom. The van der Waals surface area contributed by atoms with Crippen LogP contribution in [0.3, 0.4) is 0 Å². The summed E-state index contributed by atoms with van der Waals surface area (Å²) in [4.78, 5) is 10.4. The second-order valence-electron chi connectivity index (χ2n) is 6.74. The molecule has 0 aliphatic heterocycles. The number of hydrogen-bond acceptors (Lipinski definition) is 2. The van der Waals surface area contributed by atoms with Crippen LogP contribution >= 0.6 is 0 Å². The minimum atomic E-state index is -1.16. The van der Waals surface area contributed by atoms with Crippen LogP contribution < -0.4 is 5.11 Å². The van der Waals surface area contributed by atoms with Gasteiger partial charge in [0.05, 0.1) is 5.97 Å². The quantitative estimate of drug-likeness (QED) is 0.562. The Labute approximate surface area is 134 Å². The van der Waals surface area contributed by atoms with E-state index in [4.69, 9.17) is 0 Å². The van der Waals surface area contributed by atoms with Gasteiger partial charge in [0.15, 0.2) is 0 Å². The molecule has 1 aliphatic carbocycles. The fourth-order valence-electron chi connectivity index (χ4n) is 2.87. The molecule has 1 rings (SSSR count). The summed E-state index contributed by atoms with van der Waals surface area (Å²) < 4.78 is 0. The number of hydrogen-bond donors (Lipinski definition) is 0. The summed E-state index contributed by atoms with van der Waals surface area (Å²) in [5.74, 6) is -1.16. The molecule has 0 aromatic carbocycles. The van der Waals surface area contributed by atoms with E-state index in [2.05, 4.69) is 32.9 Å². The standard InChI is InChI=1S/C20H28O2/c1-15(8-6-9-16(2)14-19(21)22)11-12-18-17(3)10-7-13-20(18,4)5/h6,8-9,11-12,14H,7,10,13H2,1-5H3,(H,21,22)/p-1/b9-6-,12-11+,15-8-,16-14-. The van der Waals surface area contributed by atoms with Crippen LogP contribution in [0.15, 0.2) is 58.7 Å². The van der Waals surface area contributed by atoms with Gasteiger partial charge in [0.1, 0.15) is 0 Å². The van der Waals surface area contributed by atoms with Gasteiger partial charge in [-0.15, -0.1) is 0 Å². The van der Waals surface area contributed by atoms with E-state index in [0.717, 1.165) is 11.6 Å². The van der Waals surface area contributed by atoms with Crippen LogP contribution in [0.2, 0.25) is 0 Å². The molecule has 0 atom stereocenters. The summed E-state index contributed by atoms with van der Waals surface area (Å²) in [6.45, 7) is 10.6. The fraction of sp³-hybridized carbons (Fsp3) is 0.450. The highest BCUT2D eigenvalue weighted by Crippen LogP contribution is 2.40. The van der Waals surface area contributed by atoms with Crippen LogP contribution in [0.4, 0.5) is 0 Å². The summed E-state index contributed by atoms with van der Waals surface area (Å²) in [5, 5.41) is 10.4. The smallest absolute Gasteiger partial charge is 0.0645 e. The van der Waals surface area contributed by atoms with E-state index in [1.807, 2.05) is 19.1 Å². The Bertz CT molecular complexity index is 567. The van der Waals surface area contributed by atoms with Gasteiger partial charge in [0.2, 0.25) is 0 Å². The normalized spacial score (nSPS) is 20.2. The molecule has 0 radical (unpaired) electrons. The minimum Gasteiger partial charge on any atom is -0.545 e. The summed E-state index contributed by atoms with van der Waals surface area (Å²) in [6, 6.07) is 0. The van der Waals surface area contributed by atoms with Crippen LogP contribution in [0, 0.1) is 5.41 Å². The van der Waals surface area contributed by atoms with Crippen molar-refractivity contribution in [1.82, 2.24) is 0 Å². The molecule has 0 unspecified atom stereocenters. The van der Waals surface area contributed by atoms with Crippen LogP contribution in [0.1, 0.15) is 53.9 Å². The van der Waals surface area contributed by atoms with Crippen molar-refractivity contribution in [2.24, 2.45) is 5.41 Å². The number of allylic oxidation sites excluding steroid dienone is 9. The Kier molecular flexibility index (Phi) is 6.61. The molecule has 0 spiro atoms. The molecule has 2 heteroatoms. The van der Waals surface area contributed by atoms with Gasteiger partial charge < -0.3 is 9.90 Å². The molecule has 1 aliphatic rings. The first-order valence-corrected chi connectivity index (χ1v) is 7.85. The van der Waals surface area contributed by atoms with Gasteiger partial charge in [-0.3, -0.25) is 0 Å². The highest BCUT2D eigenvalue weighted by Gasteiger charge is 2.26. The van der Waals surface area contributed by atoms with Crippen molar-refractivity contribution in [3.05, 3.63) is 58.7 Å². The zero-order valence-corrected chi connectivity index (χ0v) is 14.4. The third kappa shape index (κ3) is 5.88. The van der Waals surface area contributed by atoms with Gasteiger partial charge in [0.25, 0.3) is 0 Å². The second-order valence-corrected chi connectivity index (χ2v) is 6.74. The molecule has 22 heavy (non-hydrogen) atoms. The lowest BCUT2D eigenvalue weighted by Crippen LogP contribution is -2.19. The Morgan fingerprint density at radius 3 is 2.45 bits per heavy atom. The number of carbonyl (C=O) groups is 1. The van der Waals surface area contributed by atoms with E-state index >= 15 is 0 Å². The lowest BCUT2D eigenvalue weighted by Gasteiger charge is -2.32. The highest BCUT2D eigenvalue weighted by molar-refractivity contribution is 5.79. The van der Waals surface area contributed by atoms with Gasteiger partial charge in [-0.1, -0.05) is 55.4 Å². The van der Waals surface area contributed by atoms with E-state index < -0.39 is 5.97 Å². The lowest BCUT2D eigenvalue weighted by molar-refractivity contribution is -0.297. The maximum absolute atomic E-state index is 10.4. The Hall–Kier alpha value is -1.83. The van der Waals surface area contributed by atoms with Crippen molar-refractivity contribution in [3.8, 4) is 0 Å². The van der Waals surface area contributed by atoms with Crippen molar-refractivity contribution < 1.29 is 9.90 Å². The second kappa shape index (κ2) is 7.98. The third-order valence-corrected chi connectivity index (χ3v) is 4.12. The van der Waals surface area contributed by atoms with E-state index in [0.29, 0.717) is 5.57 Å². The zero-order valence-electron chi connectivity index (χ0n) is 14.4. The monoisotopic (exact) mass is 299 g/mol. The number of carboxylic acids is 1. The van der Waals surface area contributed by atoms with Gasteiger partial charge in [-0.2, -0.15) is 0 Å². The number of carbonyl (C=O) groups excluding carboxylic acids is 1. The average Bonchev–Trinajstić information content (AvgIpc) is 2.36. The molecule has 0 N–H and O–H groups in total. The third-order valence-electron chi connectivity index (χ3n) is 4.12. The molecular weight excluding hydrogens is 272 g/mol. The maximum atomic E-state index is 10.4. The minimum absolute atomic E-state index is 0.253. The first-order chi connectivity index (χ1) is 10.2. The van der Waals surface area contributed by atoms with E-state index in [9.17, 15) is 9.90 Å². The fourth-order valence-corrected chi connectivity index (χ4v) is 2.87. The molecule has 0 aromatic heterocycles. The van der Waals surface area contributed by atoms with Crippen LogP contribution in [0.5, 0.6) is 0 Å². The molecule has 120 valence electrons. The van der Waals surface area contributed by atoms with Crippen molar-refractivity contribution in [3.63, 3.8) is 0 Å². The Morgan fingerprint density at radius 1 is 1.18 bits per heavy atom. The summed E-state index contributed by atoms with van der Waals surface area (Å²) in [6.07, 6.45) is 14.8. The van der Waals surface area contributed by atoms with Gasteiger partial charge >= 0.3 is 0 Å². The summed E-state index contributed by atoms with van der Waals surface area (Å²) >= 11 is 0. The van der Waals surface area contributed by atoms with Crippen molar-refractivity contribution in [2.45, 2.75) is 53.9 Å². The molecule has 2 nitrogen and oxygen atoms in total. The molecular formula is C20H27O2-. The number of rotatable bonds is 5. The van der Waals surface area contributed by atoms with E-state index in [1.54, 1.807) is 13.0 Å². The van der Waals surface area contributed by atoms with Crippen molar-refractivity contribution in [2.75, 3.05) is 0 Å². The van der Waals surface area contributed by atoms with Crippen molar-refractivity contribution >= 4 is 5.97 Å². The van der Waals surface area contributed by atoms with Crippen LogP contribution in [-0.2, 0) is 4.79 Å². The highest BCUT2D eigenvalue weighted by atomic mass is 16.4. The largest absolute Gasteiger partial charge is 0.545 e. The van der Waals surface area contributed by atoms with Gasteiger partial charge in [0, 0.05) is 0 Å². The Balaban J connectivity index is 2.79. The van der Waals surface area contributed by atoms with E-state index in [-0.39, 0.29) is 5.41 Å². The SMILES string of the molecule is CC1=C(/C=C/C(C)=C\C=C/C(C)=C\C(=O)[O-])C(C)(C)CCC1. The summed E-state index contributed by atoms with van der Waals surface area (Å²) in [5.41, 5.74) is 4.99. The topological polar surface area (TPSA) is 40.1 Å². The molecule has 0 amide bonds. The predicted octanol–water partition coefficient (Wildman–Crippen LogP) is 4.27. The van der Waals surface area contributed by atoms with Crippen LogP contribution in [0.25, 0.3) is 0 Å². The van der Waals surface area contributed by atoms with Crippen molar-refractivity contribution in [1.29, 1.82) is 0 Å². The van der Waals surface area contributed by atoms with Crippen LogP contribution in [-0.4, -0.2) is 5.97 Å². The molecule has 0 aromatic rings. The maximum Gasteiger partial charge on any atom is 0.0645 e. The number of aliphatic carboxylic acids is 1.